The zero-order valence-electron chi connectivity index (χ0n) is 18.3. The molecule has 0 bridgehead atoms. The van der Waals surface area contributed by atoms with E-state index in [2.05, 4.69) is 11.8 Å². The van der Waals surface area contributed by atoms with E-state index < -0.39 is 5.60 Å². The van der Waals surface area contributed by atoms with Crippen molar-refractivity contribution in [3.8, 4) is 0 Å². The Balaban J connectivity index is 1.95. The highest BCUT2D eigenvalue weighted by Gasteiger charge is 2.50. The van der Waals surface area contributed by atoms with Gasteiger partial charge in [-0.05, 0) is 71.6 Å². The summed E-state index contributed by atoms with van der Waals surface area (Å²) in [4.78, 5) is 14.9. The average Bonchev–Trinajstić information content (AvgIpc) is 3.01. The van der Waals surface area contributed by atoms with Crippen molar-refractivity contribution in [3.05, 3.63) is 0 Å². The molecule has 0 aromatic heterocycles. The molecule has 4 nitrogen and oxygen atoms in total. The summed E-state index contributed by atoms with van der Waals surface area (Å²) in [5, 5.41) is 10.4. The number of unbranched alkanes of at least 4 members (excludes halogenated alkanes) is 3. The average molecular weight is 382 g/mol. The molecule has 1 amide bonds. The highest BCUT2D eigenvalue weighted by Crippen LogP contribution is 2.48. The van der Waals surface area contributed by atoms with Crippen LogP contribution in [0, 0.1) is 5.92 Å². The molecule has 0 aromatic carbocycles. The Morgan fingerprint density at radius 3 is 2.59 bits per heavy atom. The van der Waals surface area contributed by atoms with Crippen LogP contribution in [0.3, 0.4) is 0 Å². The second-order valence-corrected chi connectivity index (χ2v) is 9.86. The lowest BCUT2D eigenvalue weighted by molar-refractivity contribution is -0.0199. The number of aliphatic hydroxyl groups is 1. The first-order chi connectivity index (χ1) is 12.8. The lowest BCUT2D eigenvalue weighted by Crippen LogP contribution is -2.55. The Morgan fingerprint density at radius 1 is 1.15 bits per heavy atom. The van der Waals surface area contributed by atoms with Gasteiger partial charge < -0.3 is 14.7 Å². The van der Waals surface area contributed by atoms with Gasteiger partial charge in [-0.3, -0.25) is 0 Å². The molecule has 158 valence electrons. The van der Waals surface area contributed by atoms with Crippen LogP contribution in [0.25, 0.3) is 0 Å². The van der Waals surface area contributed by atoms with Crippen LogP contribution in [0.4, 0.5) is 4.79 Å². The maximum Gasteiger partial charge on any atom is 0.410 e. The number of hydrogen-bond acceptors (Lipinski definition) is 3. The van der Waals surface area contributed by atoms with Crippen LogP contribution >= 0.6 is 0 Å². The summed E-state index contributed by atoms with van der Waals surface area (Å²) < 4.78 is 5.74. The molecule has 1 heterocycles. The standard InChI is InChI=1S/C23H43NO3/c1-5-6-7-8-13-20(25)15-14-19-12-9-10-16-23(19)17-11-18-24(23)21(26)27-22(2,3)4/h19-20,25H,5-18H2,1-4H3/t19-,20-,23-/m0/s1. The summed E-state index contributed by atoms with van der Waals surface area (Å²) in [5.41, 5.74) is -0.470. The van der Waals surface area contributed by atoms with Gasteiger partial charge in [0.2, 0.25) is 0 Å². The van der Waals surface area contributed by atoms with E-state index in [9.17, 15) is 9.90 Å². The predicted molar refractivity (Wildman–Crippen MR) is 111 cm³/mol. The molecule has 4 heteroatoms. The molecule has 0 radical (unpaired) electrons. The van der Waals surface area contributed by atoms with E-state index in [4.69, 9.17) is 4.74 Å². The normalized spacial score (nSPS) is 27.1. The quantitative estimate of drug-likeness (QED) is 0.520. The van der Waals surface area contributed by atoms with Crippen LogP contribution in [-0.2, 0) is 4.74 Å². The van der Waals surface area contributed by atoms with Crippen LogP contribution in [0.5, 0.6) is 0 Å². The van der Waals surface area contributed by atoms with Gasteiger partial charge >= 0.3 is 6.09 Å². The molecule has 2 rings (SSSR count). The number of hydrogen-bond donors (Lipinski definition) is 1. The molecular formula is C23H43NO3. The van der Waals surface area contributed by atoms with Crippen LogP contribution < -0.4 is 0 Å². The topological polar surface area (TPSA) is 49.8 Å². The summed E-state index contributed by atoms with van der Waals surface area (Å²) in [6.07, 6.45) is 14.3. The molecule has 1 N–H and O–H groups in total. The molecule has 1 aliphatic carbocycles. The highest BCUT2D eigenvalue weighted by atomic mass is 16.6. The molecule has 2 fully saturated rings. The largest absolute Gasteiger partial charge is 0.444 e. The van der Waals surface area contributed by atoms with Gasteiger partial charge in [-0.2, -0.15) is 0 Å². The number of nitrogens with zero attached hydrogens (tertiary/aromatic N) is 1. The first-order valence-electron chi connectivity index (χ1n) is 11.5. The Bertz CT molecular complexity index is 459. The highest BCUT2D eigenvalue weighted by molar-refractivity contribution is 5.69. The lowest BCUT2D eigenvalue weighted by atomic mass is 9.69. The van der Waals surface area contributed by atoms with Crippen molar-refractivity contribution < 1.29 is 14.6 Å². The van der Waals surface area contributed by atoms with Gasteiger partial charge in [-0.1, -0.05) is 45.4 Å². The molecule has 1 spiro atoms. The molecule has 1 saturated heterocycles. The van der Waals surface area contributed by atoms with Gasteiger partial charge in [0, 0.05) is 12.1 Å². The van der Waals surface area contributed by atoms with Crippen molar-refractivity contribution in [3.63, 3.8) is 0 Å². The van der Waals surface area contributed by atoms with E-state index in [1.54, 1.807) is 0 Å². The van der Waals surface area contributed by atoms with Crippen molar-refractivity contribution in [1.29, 1.82) is 0 Å². The fraction of sp³-hybridized carbons (Fsp3) is 0.957. The maximum absolute atomic E-state index is 12.9. The molecule has 1 aliphatic heterocycles. The molecule has 3 atom stereocenters. The molecule has 2 aliphatic rings. The Kier molecular flexibility index (Phi) is 8.45. The van der Waals surface area contributed by atoms with Crippen molar-refractivity contribution in [1.82, 2.24) is 4.90 Å². The van der Waals surface area contributed by atoms with Crippen molar-refractivity contribution in [2.24, 2.45) is 5.92 Å². The minimum atomic E-state index is -0.445. The smallest absolute Gasteiger partial charge is 0.410 e. The third kappa shape index (κ3) is 6.37. The first kappa shape index (κ1) is 22.5. The minimum Gasteiger partial charge on any atom is -0.444 e. The number of amides is 1. The summed E-state index contributed by atoms with van der Waals surface area (Å²) in [5.74, 6) is 0.506. The zero-order valence-corrected chi connectivity index (χ0v) is 18.3. The molecule has 0 aromatic rings. The van der Waals surface area contributed by atoms with Gasteiger partial charge in [-0.25, -0.2) is 4.79 Å². The monoisotopic (exact) mass is 381 g/mol. The summed E-state index contributed by atoms with van der Waals surface area (Å²) in [6.45, 7) is 8.88. The number of ether oxygens (including phenoxy) is 1. The third-order valence-electron chi connectivity index (χ3n) is 6.55. The first-order valence-corrected chi connectivity index (χ1v) is 11.5. The number of likely N-dealkylation sites (tertiary alicyclic amines) is 1. The Morgan fingerprint density at radius 2 is 1.89 bits per heavy atom. The van der Waals surface area contributed by atoms with Crippen LogP contribution in [0.15, 0.2) is 0 Å². The van der Waals surface area contributed by atoms with E-state index >= 15 is 0 Å². The molecular weight excluding hydrogens is 338 g/mol. The summed E-state index contributed by atoms with van der Waals surface area (Å²) in [7, 11) is 0. The van der Waals surface area contributed by atoms with Gasteiger partial charge in [0.05, 0.1) is 6.10 Å². The number of carbonyl (C=O) groups excluding carboxylic acids is 1. The fourth-order valence-electron chi connectivity index (χ4n) is 5.23. The zero-order chi connectivity index (χ0) is 19.9. The van der Waals surface area contributed by atoms with E-state index in [0.717, 1.165) is 51.5 Å². The Labute approximate surface area is 167 Å². The van der Waals surface area contributed by atoms with Crippen LogP contribution in [0.2, 0.25) is 0 Å². The molecule has 0 unspecified atom stereocenters. The number of aliphatic hydroxyl groups excluding tert-OH is 1. The number of rotatable bonds is 8. The maximum atomic E-state index is 12.9. The number of carbonyl (C=O) groups is 1. The second kappa shape index (κ2) is 10.1. The van der Waals surface area contributed by atoms with Crippen molar-refractivity contribution >= 4 is 6.09 Å². The predicted octanol–water partition coefficient (Wildman–Crippen LogP) is 6.06. The molecule has 27 heavy (non-hydrogen) atoms. The van der Waals surface area contributed by atoms with Crippen LogP contribution in [-0.4, -0.2) is 39.9 Å². The third-order valence-corrected chi connectivity index (χ3v) is 6.55. The van der Waals surface area contributed by atoms with E-state index in [1.165, 1.54) is 38.5 Å². The van der Waals surface area contributed by atoms with E-state index in [-0.39, 0.29) is 17.7 Å². The Hall–Kier alpha value is -0.770. The van der Waals surface area contributed by atoms with Gasteiger partial charge in [0.25, 0.3) is 0 Å². The van der Waals surface area contributed by atoms with Gasteiger partial charge in [0.15, 0.2) is 0 Å². The minimum absolute atomic E-state index is 0.0253. The van der Waals surface area contributed by atoms with Gasteiger partial charge in [-0.15, -0.1) is 0 Å². The van der Waals surface area contributed by atoms with Gasteiger partial charge in [0.1, 0.15) is 5.60 Å². The SMILES string of the molecule is CCCCCC[C@H](O)CC[C@@H]1CCCC[C@]12CCCN2C(=O)OC(C)(C)C. The second-order valence-electron chi connectivity index (χ2n) is 9.86. The van der Waals surface area contributed by atoms with Crippen molar-refractivity contribution in [2.45, 2.75) is 128 Å². The van der Waals surface area contributed by atoms with Crippen LogP contribution in [0.1, 0.15) is 111 Å². The molecule has 1 saturated carbocycles. The summed E-state index contributed by atoms with van der Waals surface area (Å²) >= 11 is 0. The fourth-order valence-corrected chi connectivity index (χ4v) is 5.23. The van der Waals surface area contributed by atoms with E-state index in [1.807, 2.05) is 20.8 Å². The van der Waals surface area contributed by atoms with E-state index in [0.29, 0.717) is 5.92 Å². The summed E-state index contributed by atoms with van der Waals surface area (Å²) in [6, 6.07) is 0. The lowest BCUT2D eigenvalue weighted by Gasteiger charge is -2.48. The van der Waals surface area contributed by atoms with Crippen molar-refractivity contribution in [2.75, 3.05) is 6.54 Å².